The minimum atomic E-state index is 0.0922. The van der Waals surface area contributed by atoms with Crippen LogP contribution in [0.5, 0.6) is 0 Å². The lowest BCUT2D eigenvalue weighted by Gasteiger charge is -2.27. The van der Waals surface area contributed by atoms with E-state index in [-0.39, 0.29) is 5.91 Å². The van der Waals surface area contributed by atoms with Crippen molar-refractivity contribution in [3.8, 4) is 0 Å². The van der Waals surface area contributed by atoms with Crippen LogP contribution in [0.4, 0.5) is 0 Å². The summed E-state index contributed by atoms with van der Waals surface area (Å²) >= 11 is 3.93. The molecule has 0 heterocycles. The average molecular weight is 175 g/mol. The molecule has 0 radical (unpaired) electrons. The van der Waals surface area contributed by atoms with Gasteiger partial charge < -0.3 is 4.90 Å². The highest BCUT2D eigenvalue weighted by molar-refractivity contribution is 7.81. The van der Waals surface area contributed by atoms with Crippen molar-refractivity contribution in [2.24, 2.45) is 5.92 Å². The molecule has 0 aromatic rings. The van der Waals surface area contributed by atoms with Crippen LogP contribution in [0, 0.1) is 5.92 Å². The number of hydrogen-bond donors (Lipinski definition) is 1. The Morgan fingerprint density at radius 1 is 1.45 bits per heavy atom. The molecule has 0 saturated heterocycles. The smallest absolute Gasteiger partial charge is 0.232 e. The highest BCUT2D eigenvalue weighted by Crippen LogP contribution is 2.07. The van der Waals surface area contributed by atoms with Crippen molar-refractivity contribution in [1.82, 2.24) is 4.90 Å². The van der Waals surface area contributed by atoms with Crippen molar-refractivity contribution in [2.45, 2.75) is 26.8 Å². The second-order valence-electron chi connectivity index (χ2n) is 3.15. The molecule has 1 unspecified atom stereocenters. The van der Waals surface area contributed by atoms with E-state index in [2.05, 4.69) is 26.5 Å². The second kappa shape index (κ2) is 4.65. The number of nitrogens with zero attached hydrogens (tertiary/aromatic N) is 1. The number of rotatable bonds is 3. The van der Waals surface area contributed by atoms with Gasteiger partial charge in [-0.2, -0.15) is 12.6 Å². The summed E-state index contributed by atoms with van der Waals surface area (Å²) in [6.07, 6.45) is 0. The van der Waals surface area contributed by atoms with Crippen molar-refractivity contribution in [3.63, 3.8) is 0 Å². The monoisotopic (exact) mass is 175 g/mol. The lowest BCUT2D eigenvalue weighted by Crippen LogP contribution is -2.38. The number of carbonyl (C=O) groups is 1. The van der Waals surface area contributed by atoms with Gasteiger partial charge in [0.05, 0.1) is 5.75 Å². The van der Waals surface area contributed by atoms with E-state index < -0.39 is 0 Å². The Bertz CT molecular complexity index is 136. The Labute approximate surface area is 74.4 Å². The zero-order chi connectivity index (χ0) is 9.02. The molecule has 0 N–H and O–H groups in total. The first-order valence-electron chi connectivity index (χ1n) is 3.87. The third-order valence-corrected chi connectivity index (χ3v) is 2.37. The van der Waals surface area contributed by atoms with Crippen LogP contribution in [0.2, 0.25) is 0 Å². The van der Waals surface area contributed by atoms with Crippen LogP contribution in [-0.4, -0.2) is 29.6 Å². The zero-order valence-electron chi connectivity index (χ0n) is 7.66. The van der Waals surface area contributed by atoms with Gasteiger partial charge in [0.25, 0.3) is 0 Å². The molecule has 0 bridgehead atoms. The van der Waals surface area contributed by atoms with Gasteiger partial charge in [-0.05, 0) is 12.8 Å². The maximum Gasteiger partial charge on any atom is 0.232 e. The quantitative estimate of drug-likeness (QED) is 0.643. The highest BCUT2D eigenvalue weighted by Gasteiger charge is 2.16. The minimum absolute atomic E-state index is 0.0922. The molecule has 11 heavy (non-hydrogen) atoms. The van der Waals surface area contributed by atoms with Crippen molar-refractivity contribution in [3.05, 3.63) is 0 Å². The molecule has 0 saturated carbocycles. The summed E-state index contributed by atoms with van der Waals surface area (Å²) < 4.78 is 0. The Morgan fingerprint density at radius 2 is 1.91 bits per heavy atom. The number of carbonyl (C=O) groups excluding carboxylic acids is 1. The summed E-state index contributed by atoms with van der Waals surface area (Å²) in [6.45, 7) is 6.26. The maximum absolute atomic E-state index is 11.1. The van der Waals surface area contributed by atoms with E-state index in [9.17, 15) is 4.79 Å². The van der Waals surface area contributed by atoms with Crippen molar-refractivity contribution in [2.75, 3.05) is 12.8 Å². The van der Waals surface area contributed by atoms with E-state index in [0.29, 0.717) is 17.7 Å². The maximum atomic E-state index is 11.1. The number of thiol groups is 1. The average Bonchev–Trinajstić information content (AvgIpc) is 2.00. The van der Waals surface area contributed by atoms with Crippen LogP contribution in [0.1, 0.15) is 20.8 Å². The van der Waals surface area contributed by atoms with E-state index in [0.717, 1.165) is 0 Å². The lowest BCUT2D eigenvalue weighted by atomic mass is 10.1. The summed E-state index contributed by atoms with van der Waals surface area (Å²) in [7, 11) is 1.82. The zero-order valence-corrected chi connectivity index (χ0v) is 8.56. The molecule has 0 aliphatic heterocycles. The summed E-state index contributed by atoms with van der Waals surface area (Å²) in [4.78, 5) is 12.9. The Hall–Kier alpha value is -0.180. The molecular weight excluding hydrogens is 158 g/mol. The first kappa shape index (κ1) is 10.8. The lowest BCUT2D eigenvalue weighted by molar-refractivity contribution is -0.129. The highest BCUT2D eigenvalue weighted by atomic mass is 32.1. The van der Waals surface area contributed by atoms with Gasteiger partial charge in [-0.1, -0.05) is 13.8 Å². The second-order valence-corrected chi connectivity index (χ2v) is 3.46. The van der Waals surface area contributed by atoms with Gasteiger partial charge in [0.2, 0.25) is 5.91 Å². The SMILES string of the molecule is CC(C)C(C)N(C)C(=O)CS. The molecule has 66 valence electrons. The Kier molecular flexibility index (Phi) is 4.57. The van der Waals surface area contributed by atoms with Crippen LogP contribution in [0.15, 0.2) is 0 Å². The third kappa shape index (κ3) is 3.14. The van der Waals surface area contributed by atoms with Crippen LogP contribution in [0.25, 0.3) is 0 Å². The van der Waals surface area contributed by atoms with Crippen molar-refractivity contribution in [1.29, 1.82) is 0 Å². The van der Waals surface area contributed by atoms with Gasteiger partial charge in [-0.25, -0.2) is 0 Å². The van der Waals surface area contributed by atoms with E-state index >= 15 is 0 Å². The van der Waals surface area contributed by atoms with E-state index in [1.54, 1.807) is 4.90 Å². The molecule has 0 aliphatic carbocycles. The van der Waals surface area contributed by atoms with Crippen molar-refractivity contribution >= 4 is 18.5 Å². The molecular formula is C8H17NOS. The molecule has 0 aromatic heterocycles. The van der Waals surface area contributed by atoms with Gasteiger partial charge in [0.1, 0.15) is 0 Å². The third-order valence-electron chi connectivity index (χ3n) is 2.10. The summed E-state index contributed by atoms with van der Waals surface area (Å²) in [6, 6.07) is 0.301. The largest absolute Gasteiger partial charge is 0.342 e. The summed E-state index contributed by atoms with van der Waals surface area (Å²) in [5.41, 5.74) is 0. The van der Waals surface area contributed by atoms with E-state index in [1.807, 2.05) is 14.0 Å². The fraction of sp³-hybridized carbons (Fsp3) is 0.875. The van der Waals surface area contributed by atoms with Gasteiger partial charge in [-0.15, -0.1) is 0 Å². The fourth-order valence-corrected chi connectivity index (χ4v) is 1.01. The van der Waals surface area contributed by atoms with Crippen molar-refractivity contribution < 1.29 is 4.79 Å². The molecule has 3 heteroatoms. The summed E-state index contributed by atoms with van der Waals surface area (Å²) in [5.74, 6) is 0.895. The first-order chi connectivity index (χ1) is 5.00. The predicted octanol–water partition coefficient (Wildman–Crippen LogP) is 1.42. The standard InChI is InChI=1S/C8H17NOS/c1-6(2)7(3)9(4)8(10)5-11/h6-7,11H,5H2,1-4H3. The van der Waals surface area contributed by atoms with Gasteiger partial charge in [0.15, 0.2) is 0 Å². The van der Waals surface area contributed by atoms with Crippen LogP contribution >= 0.6 is 12.6 Å². The predicted molar refractivity (Wildman–Crippen MR) is 50.9 cm³/mol. The van der Waals surface area contributed by atoms with E-state index in [4.69, 9.17) is 0 Å². The Balaban J connectivity index is 4.01. The number of hydrogen-bond acceptors (Lipinski definition) is 2. The molecule has 0 rings (SSSR count). The molecule has 2 nitrogen and oxygen atoms in total. The summed E-state index contributed by atoms with van der Waals surface area (Å²) in [5, 5.41) is 0. The van der Waals surface area contributed by atoms with Crippen LogP contribution in [0.3, 0.4) is 0 Å². The van der Waals surface area contributed by atoms with Gasteiger partial charge >= 0.3 is 0 Å². The van der Waals surface area contributed by atoms with Gasteiger partial charge in [-0.3, -0.25) is 4.79 Å². The van der Waals surface area contributed by atoms with E-state index in [1.165, 1.54) is 0 Å². The molecule has 1 atom stereocenters. The van der Waals surface area contributed by atoms with Gasteiger partial charge in [0, 0.05) is 13.1 Å². The first-order valence-corrected chi connectivity index (χ1v) is 4.50. The minimum Gasteiger partial charge on any atom is -0.342 e. The number of amides is 1. The van der Waals surface area contributed by atoms with Crippen LogP contribution in [-0.2, 0) is 4.79 Å². The normalized spacial score (nSPS) is 13.3. The molecule has 0 fully saturated rings. The molecule has 0 aliphatic rings. The van der Waals surface area contributed by atoms with Crippen LogP contribution < -0.4 is 0 Å². The molecule has 1 amide bonds. The molecule has 0 spiro atoms. The molecule has 0 aromatic carbocycles. The topological polar surface area (TPSA) is 20.3 Å². The Morgan fingerprint density at radius 3 is 2.18 bits per heavy atom. The fourth-order valence-electron chi connectivity index (χ4n) is 0.786.